The summed E-state index contributed by atoms with van der Waals surface area (Å²) in [5, 5.41) is 17.8. The van der Waals surface area contributed by atoms with Gasteiger partial charge in [0.05, 0.1) is 22.0 Å². The molecule has 1 fully saturated rings. The number of carbonyl (C=O) groups excluding carboxylic acids is 1. The maximum atomic E-state index is 12.6. The average Bonchev–Trinajstić information content (AvgIpc) is 3.47. The van der Waals surface area contributed by atoms with Crippen molar-refractivity contribution in [1.29, 1.82) is 0 Å². The first-order chi connectivity index (χ1) is 14.5. The molecule has 2 aliphatic heterocycles. The fourth-order valence-corrected chi connectivity index (χ4v) is 4.35. The molecule has 0 unspecified atom stereocenters. The number of aryl methyl sites for hydroxylation is 1. The fourth-order valence-electron chi connectivity index (χ4n) is 4.07. The molecule has 1 saturated heterocycles. The molecule has 0 atom stereocenters. The lowest BCUT2D eigenvalue weighted by Crippen LogP contribution is -2.17. The van der Waals surface area contributed by atoms with Crippen molar-refractivity contribution in [2.24, 2.45) is 0 Å². The van der Waals surface area contributed by atoms with Gasteiger partial charge in [0.25, 0.3) is 5.91 Å². The lowest BCUT2D eigenvalue weighted by atomic mass is 9.98. The molecule has 3 aromatic rings. The number of nitrogens with zero attached hydrogens (tertiary/aromatic N) is 2. The minimum atomic E-state index is -0.408. The molecule has 3 heterocycles. The quantitative estimate of drug-likeness (QED) is 0.444. The second-order valence-corrected chi connectivity index (χ2v) is 8.04. The van der Waals surface area contributed by atoms with Crippen molar-refractivity contribution in [3.8, 4) is 11.1 Å². The van der Waals surface area contributed by atoms with Gasteiger partial charge < -0.3 is 19.8 Å². The summed E-state index contributed by atoms with van der Waals surface area (Å²) < 4.78 is 5.13. The number of halogens is 1. The number of aromatic nitrogens is 1. The predicted molar refractivity (Wildman–Crippen MR) is 118 cm³/mol. The molecule has 6 nitrogen and oxygen atoms in total. The standard InChI is InChI=1S/C23H20ClN3O3/c1-13-10-20(30-26-13)22(28)21-17-11-16(18(24)12-19(17)25-23(21)29)14-4-6-15(7-5-14)27-8-2-3-9-27/h4-7,10-12,28H,2-3,8-9H2,1H3,(H,25,29)/b22-21+. The molecule has 30 heavy (non-hydrogen) atoms. The van der Waals surface area contributed by atoms with E-state index in [0.717, 1.165) is 24.2 Å². The molecule has 2 aromatic carbocycles. The number of hydrogen-bond donors (Lipinski definition) is 2. The molecule has 0 radical (unpaired) electrons. The number of fused-ring (bicyclic) bond motifs is 1. The van der Waals surface area contributed by atoms with E-state index in [2.05, 4.69) is 27.5 Å². The van der Waals surface area contributed by atoms with Crippen LogP contribution >= 0.6 is 11.6 Å². The first-order valence-electron chi connectivity index (χ1n) is 9.89. The topological polar surface area (TPSA) is 78.6 Å². The minimum Gasteiger partial charge on any atom is -0.504 e. The van der Waals surface area contributed by atoms with E-state index >= 15 is 0 Å². The maximum absolute atomic E-state index is 12.6. The van der Waals surface area contributed by atoms with E-state index < -0.39 is 5.91 Å². The number of amides is 1. The van der Waals surface area contributed by atoms with Gasteiger partial charge in [-0.05, 0) is 49.6 Å². The van der Waals surface area contributed by atoms with Crippen LogP contribution in [0.3, 0.4) is 0 Å². The van der Waals surface area contributed by atoms with Crippen molar-refractivity contribution in [3.05, 3.63) is 64.5 Å². The monoisotopic (exact) mass is 421 g/mol. The van der Waals surface area contributed by atoms with E-state index in [-0.39, 0.29) is 17.1 Å². The van der Waals surface area contributed by atoms with Gasteiger partial charge in [-0.1, -0.05) is 28.9 Å². The van der Waals surface area contributed by atoms with Crippen molar-refractivity contribution in [2.45, 2.75) is 19.8 Å². The van der Waals surface area contributed by atoms with Crippen LogP contribution in [0.1, 0.15) is 29.9 Å². The zero-order valence-electron chi connectivity index (χ0n) is 16.4. The first-order valence-corrected chi connectivity index (χ1v) is 10.3. The van der Waals surface area contributed by atoms with E-state index in [1.165, 1.54) is 18.5 Å². The lowest BCUT2D eigenvalue weighted by molar-refractivity contribution is -0.110. The van der Waals surface area contributed by atoms with E-state index in [0.29, 0.717) is 22.0 Å². The number of nitrogens with one attached hydrogen (secondary N) is 1. The molecule has 0 saturated carbocycles. The normalized spacial score (nSPS) is 17.3. The molecule has 5 rings (SSSR count). The molecule has 0 aliphatic carbocycles. The van der Waals surface area contributed by atoms with Gasteiger partial charge in [-0.15, -0.1) is 0 Å². The van der Waals surface area contributed by atoms with Crippen LogP contribution in [-0.4, -0.2) is 29.3 Å². The summed E-state index contributed by atoms with van der Waals surface area (Å²) >= 11 is 6.54. The lowest BCUT2D eigenvalue weighted by Gasteiger charge is -2.18. The van der Waals surface area contributed by atoms with Gasteiger partial charge in [0, 0.05) is 36.0 Å². The van der Waals surface area contributed by atoms with Gasteiger partial charge >= 0.3 is 0 Å². The van der Waals surface area contributed by atoms with Crippen LogP contribution in [0.5, 0.6) is 0 Å². The highest BCUT2D eigenvalue weighted by Gasteiger charge is 2.31. The van der Waals surface area contributed by atoms with Crippen LogP contribution in [0.25, 0.3) is 22.5 Å². The molecule has 0 spiro atoms. The number of benzene rings is 2. The van der Waals surface area contributed by atoms with Crippen LogP contribution in [-0.2, 0) is 4.79 Å². The first kappa shape index (κ1) is 18.8. The Morgan fingerprint density at radius 2 is 1.87 bits per heavy atom. The number of hydrogen-bond acceptors (Lipinski definition) is 5. The van der Waals surface area contributed by atoms with E-state index in [1.807, 2.05) is 18.2 Å². The summed E-state index contributed by atoms with van der Waals surface area (Å²) in [6.45, 7) is 3.92. The molecular weight excluding hydrogens is 402 g/mol. The Morgan fingerprint density at radius 1 is 1.13 bits per heavy atom. The highest BCUT2D eigenvalue weighted by molar-refractivity contribution is 6.38. The summed E-state index contributed by atoms with van der Waals surface area (Å²) in [7, 11) is 0. The van der Waals surface area contributed by atoms with Gasteiger partial charge in [0.1, 0.15) is 0 Å². The summed E-state index contributed by atoms with van der Waals surface area (Å²) in [5.41, 5.74) is 4.83. The average molecular weight is 422 g/mol. The van der Waals surface area contributed by atoms with E-state index in [1.54, 1.807) is 19.1 Å². The maximum Gasteiger partial charge on any atom is 0.260 e. The van der Waals surface area contributed by atoms with Gasteiger partial charge in [-0.3, -0.25) is 4.79 Å². The smallest absolute Gasteiger partial charge is 0.260 e. The third-order valence-electron chi connectivity index (χ3n) is 5.60. The summed E-state index contributed by atoms with van der Waals surface area (Å²) in [4.78, 5) is 14.9. The largest absolute Gasteiger partial charge is 0.504 e. The Balaban J connectivity index is 1.57. The van der Waals surface area contributed by atoms with Crippen LogP contribution in [0.4, 0.5) is 11.4 Å². The zero-order valence-corrected chi connectivity index (χ0v) is 17.2. The molecule has 1 aromatic heterocycles. The van der Waals surface area contributed by atoms with Crippen LogP contribution in [0, 0.1) is 6.92 Å². The number of carbonyl (C=O) groups is 1. The summed E-state index contributed by atoms with van der Waals surface area (Å²) in [5.74, 6) is -0.504. The zero-order chi connectivity index (χ0) is 20.8. The second-order valence-electron chi connectivity index (χ2n) is 7.63. The molecule has 2 aliphatic rings. The second kappa shape index (κ2) is 7.22. The number of anilines is 2. The van der Waals surface area contributed by atoms with Gasteiger partial charge in [-0.25, -0.2) is 0 Å². The Hall–Kier alpha value is -3.25. The summed E-state index contributed by atoms with van der Waals surface area (Å²) in [6, 6.07) is 13.4. The van der Waals surface area contributed by atoms with Crippen molar-refractivity contribution in [2.75, 3.05) is 23.3 Å². The third-order valence-corrected chi connectivity index (χ3v) is 5.91. The molecule has 1 amide bonds. The Labute approximate surface area is 178 Å². The Bertz CT molecular complexity index is 1170. The van der Waals surface area contributed by atoms with Crippen molar-refractivity contribution in [3.63, 3.8) is 0 Å². The molecular formula is C23H20ClN3O3. The number of aliphatic hydroxyl groups excluding tert-OH is 1. The van der Waals surface area contributed by atoms with Crippen LogP contribution < -0.4 is 10.2 Å². The number of aliphatic hydroxyl groups is 1. The SMILES string of the molecule is Cc1cc(/C(O)=C2\C(=O)Nc3cc(Cl)c(-c4ccc(N5CCCC5)cc4)cc32)on1. The molecule has 152 valence electrons. The Morgan fingerprint density at radius 3 is 2.53 bits per heavy atom. The summed E-state index contributed by atoms with van der Waals surface area (Å²) in [6.07, 6.45) is 2.45. The van der Waals surface area contributed by atoms with Crippen molar-refractivity contribution < 1.29 is 14.4 Å². The molecule has 2 N–H and O–H groups in total. The highest BCUT2D eigenvalue weighted by Crippen LogP contribution is 2.42. The molecule has 0 bridgehead atoms. The Kier molecular flexibility index (Phi) is 4.51. The van der Waals surface area contributed by atoms with Crippen molar-refractivity contribution >= 4 is 40.2 Å². The predicted octanol–water partition coefficient (Wildman–Crippen LogP) is 5.28. The van der Waals surface area contributed by atoms with Gasteiger partial charge in [0.2, 0.25) is 5.76 Å². The third kappa shape index (κ3) is 3.13. The molecule has 7 heteroatoms. The van der Waals surface area contributed by atoms with Crippen LogP contribution in [0.2, 0.25) is 5.02 Å². The number of rotatable bonds is 3. The minimum absolute atomic E-state index is 0.146. The van der Waals surface area contributed by atoms with Crippen molar-refractivity contribution in [1.82, 2.24) is 5.16 Å². The van der Waals surface area contributed by atoms with Gasteiger partial charge in [0.15, 0.2) is 5.76 Å². The van der Waals surface area contributed by atoms with E-state index in [9.17, 15) is 9.90 Å². The fraction of sp³-hybridized carbons (Fsp3) is 0.217. The van der Waals surface area contributed by atoms with E-state index in [4.69, 9.17) is 16.1 Å². The van der Waals surface area contributed by atoms with Gasteiger partial charge in [-0.2, -0.15) is 0 Å². The highest BCUT2D eigenvalue weighted by atomic mass is 35.5. The van der Waals surface area contributed by atoms with Crippen LogP contribution in [0.15, 0.2) is 47.0 Å².